The van der Waals surface area contributed by atoms with Crippen LogP contribution in [-0.4, -0.2) is 13.7 Å². The molecule has 5 heteroatoms. The molecule has 0 aromatic heterocycles. The highest BCUT2D eigenvalue weighted by atomic mass is 15.1. The van der Waals surface area contributed by atoms with E-state index in [4.69, 9.17) is 0 Å². The summed E-state index contributed by atoms with van der Waals surface area (Å²) >= 11 is 0. The Labute approximate surface area is 310 Å². The lowest BCUT2D eigenvalue weighted by atomic mass is 9.37. The van der Waals surface area contributed by atoms with Gasteiger partial charge in [-0.3, -0.25) is 0 Å². The van der Waals surface area contributed by atoms with Crippen LogP contribution in [0.1, 0.15) is 0 Å². The normalized spacial score (nSPS) is 13.5. The molecule has 8 aromatic carbocycles. The van der Waals surface area contributed by atoms with Crippen LogP contribution in [0.25, 0.3) is 33.4 Å². The summed E-state index contributed by atoms with van der Waals surface area (Å²) in [5.74, 6) is 0. The Morgan fingerprint density at radius 2 is 0.755 bits per heavy atom. The molecule has 0 spiro atoms. The van der Waals surface area contributed by atoms with Gasteiger partial charge in [0.15, 0.2) is 0 Å². The van der Waals surface area contributed by atoms with E-state index in [0.29, 0.717) is 0 Å². The molecular weight excluding hydrogens is 640 g/mol. The number of para-hydroxylation sites is 4. The molecule has 0 saturated carbocycles. The Hall–Kier alpha value is -6.71. The van der Waals surface area contributed by atoms with Crippen LogP contribution in [0.3, 0.4) is 0 Å². The maximum absolute atomic E-state index is 2.62. The second-order valence-corrected chi connectivity index (χ2v) is 14.4. The van der Waals surface area contributed by atoms with Gasteiger partial charge in [-0.15, -0.1) is 0 Å². The van der Waals surface area contributed by atoms with Gasteiger partial charge in [-0.2, -0.15) is 0 Å². The minimum Gasteiger partial charge on any atom is -0.376 e. The van der Waals surface area contributed by atoms with Crippen molar-refractivity contribution in [1.82, 2.24) is 0 Å². The lowest BCUT2D eigenvalue weighted by Crippen LogP contribution is -2.65. The number of anilines is 7. The summed E-state index contributed by atoms with van der Waals surface area (Å²) in [7, 11) is 0. The van der Waals surface area contributed by atoms with Crippen molar-refractivity contribution in [1.29, 1.82) is 0 Å². The zero-order valence-electron chi connectivity index (χ0n) is 28.9. The molecule has 0 aliphatic carbocycles. The van der Waals surface area contributed by atoms with Crippen molar-refractivity contribution in [3.8, 4) is 33.4 Å². The predicted octanol–water partition coefficient (Wildman–Crippen LogP) is 9.30. The Morgan fingerprint density at radius 3 is 1.38 bits per heavy atom. The molecule has 4 aliphatic rings. The number of nitrogens with zero attached hydrogens (tertiary/aromatic N) is 3. The van der Waals surface area contributed by atoms with Crippen LogP contribution >= 0.6 is 0 Å². The molecule has 0 radical (unpaired) electrons. The minimum atomic E-state index is 0.0196. The molecular formula is C48H31B2N3. The van der Waals surface area contributed by atoms with Crippen LogP contribution in [0.5, 0.6) is 0 Å². The van der Waals surface area contributed by atoms with E-state index in [9.17, 15) is 0 Å². The molecule has 3 nitrogen and oxygen atoms in total. The average Bonchev–Trinajstić information content (AvgIpc) is 3.23. The largest absolute Gasteiger partial charge is 0.376 e. The topological polar surface area (TPSA) is 9.72 Å². The van der Waals surface area contributed by atoms with E-state index in [1.165, 1.54) is 78.0 Å². The summed E-state index contributed by atoms with van der Waals surface area (Å²) in [6, 6.07) is 69.5. The smallest absolute Gasteiger partial charge is 0.329 e. The zero-order valence-corrected chi connectivity index (χ0v) is 28.9. The van der Waals surface area contributed by atoms with Crippen molar-refractivity contribution in [2.45, 2.75) is 0 Å². The molecule has 4 aliphatic heterocycles. The molecule has 0 saturated heterocycles. The molecule has 0 amide bonds. The quantitative estimate of drug-likeness (QED) is 0.174. The summed E-state index contributed by atoms with van der Waals surface area (Å²) in [4.78, 5) is 7.61. The van der Waals surface area contributed by atoms with Crippen molar-refractivity contribution >= 4 is 75.4 Å². The van der Waals surface area contributed by atoms with Crippen molar-refractivity contribution < 1.29 is 0 Å². The van der Waals surface area contributed by atoms with Gasteiger partial charge in [0.2, 0.25) is 0 Å². The lowest BCUT2D eigenvalue weighted by molar-refractivity contribution is 1.28. The van der Waals surface area contributed by atoms with Crippen molar-refractivity contribution in [2.75, 3.05) is 14.5 Å². The molecule has 244 valence electrons. The Kier molecular flexibility index (Phi) is 5.95. The molecule has 0 unspecified atom stereocenters. The number of hydrogen-bond acceptors (Lipinski definition) is 3. The van der Waals surface area contributed by atoms with Gasteiger partial charge in [0.05, 0.1) is 0 Å². The standard InChI is InChI=1S/C48H31B2N3/c1-3-15-32(16-4-1)51(33-17-5-2-6-18-33)34-29-30-40-38(31-34)37-21-9-12-26-44(37)53-46-28-14-27-45-48(46)47-41(23-13-24-42(47)50(40)53)49-39-22-10-7-19-35(39)36-20-8-11-25-43(36)52(45)49/h1-31H. The first-order valence-electron chi connectivity index (χ1n) is 18.5. The molecule has 0 bridgehead atoms. The third-order valence-corrected chi connectivity index (χ3v) is 11.8. The Balaban J connectivity index is 1.12. The fraction of sp³-hybridized carbons (Fsp3) is 0. The van der Waals surface area contributed by atoms with Crippen LogP contribution in [0, 0.1) is 0 Å². The molecule has 0 atom stereocenters. The van der Waals surface area contributed by atoms with Crippen LogP contribution < -0.4 is 36.4 Å². The highest BCUT2D eigenvalue weighted by molar-refractivity contribution is 6.97. The third kappa shape index (κ3) is 3.91. The van der Waals surface area contributed by atoms with Gasteiger partial charge in [-0.25, -0.2) is 0 Å². The summed E-state index contributed by atoms with van der Waals surface area (Å²) in [5, 5.41) is 0. The van der Waals surface area contributed by atoms with Crippen molar-refractivity contribution in [2.24, 2.45) is 0 Å². The summed E-state index contributed by atoms with van der Waals surface area (Å²) < 4.78 is 0. The number of hydrogen-bond donors (Lipinski definition) is 0. The van der Waals surface area contributed by atoms with Crippen molar-refractivity contribution in [3.05, 3.63) is 188 Å². The summed E-state index contributed by atoms with van der Waals surface area (Å²) in [6.07, 6.45) is 0. The Morgan fingerprint density at radius 1 is 0.302 bits per heavy atom. The predicted molar refractivity (Wildman–Crippen MR) is 225 cm³/mol. The van der Waals surface area contributed by atoms with Gasteiger partial charge in [0.1, 0.15) is 0 Å². The number of rotatable bonds is 3. The van der Waals surface area contributed by atoms with E-state index in [1.54, 1.807) is 0 Å². The third-order valence-electron chi connectivity index (χ3n) is 11.8. The van der Waals surface area contributed by atoms with E-state index in [2.05, 4.69) is 203 Å². The first kappa shape index (κ1) is 28.9. The summed E-state index contributed by atoms with van der Waals surface area (Å²) in [6.45, 7) is 0.0968. The molecule has 0 fully saturated rings. The van der Waals surface area contributed by atoms with E-state index >= 15 is 0 Å². The fourth-order valence-corrected chi connectivity index (χ4v) is 9.79. The van der Waals surface area contributed by atoms with Crippen LogP contribution in [0.2, 0.25) is 0 Å². The monoisotopic (exact) mass is 671 g/mol. The number of fused-ring (bicyclic) bond motifs is 16. The zero-order chi connectivity index (χ0) is 34.6. The van der Waals surface area contributed by atoms with Crippen LogP contribution in [0.4, 0.5) is 39.8 Å². The molecule has 0 N–H and O–H groups in total. The van der Waals surface area contributed by atoms with E-state index in [1.807, 2.05) is 0 Å². The first-order chi connectivity index (χ1) is 26.3. The van der Waals surface area contributed by atoms with Gasteiger partial charge < -0.3 is 14.5 Å². The average molecular weight is 671 g/mol. The molecule has 8 aromatic rings. The second-order valence-electron chi connectivity index (χ2n) is 14.4. The van der Waals surface area contributed by atoms with Gasteiger partial charge in [-0.05, 0) is 99.2 Å². The molecule has 4 heterocycles. The van der Waals surface area contributed by atoms with E-state index < -0.39 is 0 Å². The van der Waals surface area contributed by atoms with Gasteiger partial charge >= 0.3 is 13.7 Å². The van der Waals surface area contributed by atoms with E-state index in [-0.39, 0.29) is 13.7 Å². The highest BCUT2D eigenvalue weighted by Crippen LogP contribution is 2.53. The Bertz CT molecular complexity index is 2740. The maximum atomic E-state index is 2.62. The van der Waals surface area contributed by atoms with E-state index in [0.717, 1.165) is 17.1 Å². The number of benzene rings is 8. The second kappa shape index (κ2) is 10.9. The highest BCUT2D eigenvalue weighted by Gasteiger charge is 2.49. The molecule has 12 rings (SSSR count). The minimum absolute atomic E-state index is 0.0196. The lowest BCUT2D eigenvalue weighted by Gasteiger charge is -2.49. The van der Waals surface area contributed by atoms with Gasteiger partial charge in [0, 0.05) is 56.5 Å². The van der Waals surface area contributed by atoms with Gasteiger partial charge in [-0.1, -0.05) is 127 Å². The fourth-order valence-electron chi connectivity index (χ4n) is 9.79. The first-order valence-corrected chi connectivity index (χ1v) is 18.5. The summed E-state index contributed by atoms with van der Waals surface area (Å²) in [5.41, 5.74) is 21.8. The molecule has 53 heavy (non-hydrogen) atoms. The maximum Gasteiger partial charge on any atom is 0.329 e. The van der Waals surface area contributed by atoms with Crippen molar-refractivity contribution in [3.63, 3.8) is 0 Å². The van der Waals surface area contributed by atoms with Crippen LogP contribution in [0.15, 0.2) is 188 Å². The SMILES string of the molecule is c1ccc(N(c2ccccc2)c2ccc3c(c2)-c2ccccc2N2B3c3cccc4c3-c3c(cccc32)N2B4c3ccccc3-c3ccccc32)cc1. The van der Waals surface area contributed by atoms with Gasteiger partial charge in [0.25, 0.3) is 0 Å². The van der Waals surface area contributed by atoms with Crippen LogP contribution in [-0.2, 0) is 0 Å².